The Bertz CT molecular complexity index is 891. The third-order valence-corrected chi connectivity index (χ3v) is 4.21. The number of aromatic nitrogens is 1. The number of hydrogen-bond donors (Lipinski definition) is 1. The third kappa shape index (κ3) is 3.12. The molecule has 8 nitrogen and oxygen atoms in total. The average molecular weight is 354 g/mol. The summed E-state index contributed by atoms with van der Waals surface area (Å²) >= 11 is 0. The molecule has 1 amide bonds. The van der Waals surface area contributed by atoms with Crippen molar-refractivity contribution in [3.05, 3.63) is 47.3 Å². The van der Waals surface area contributed by atoms with Crippen LogP contribution in [0.4, 0.5) is 5.69 Å². The molecule has 3 rings (SSSR count). The zero-order chi connectivity index (χ0) is 18.7. The number of nitriles is 1. The van der Waals surface area contributed by atoms with Crippen LogP contribution in [0.1, 0.15) is 26.4 Å². The van der Waals surface area contributed by atoms with Crippen molar-refractivity contribution in [2.75, 3.05) is 39.1 Å². The summed E-state index contributed by atoms with van der Waals surface area (Å²) in [7, 11) is 1.24. The largest absolute Gasteiger partial charge is 0.464 e. The quantitative estimate of drug-likeness (QED) is 0.829. The van der Waals surface area contributed by atoms with Gasteiger partial charge in [-0.15, -0.1) is 0 Å². The monoisotopic (exact) mass is 354 g/mol. The van der Waals surface area contributed by atoms with Gasteiger partial charge < -0.3 is 24.7 Å². The number of nitrogens with two attached hydrogens (primary N) is 1. The van der Waals surface area contributed by atoms with Gasteiger partial charge in [0, 0.05) is 30.5 Å². The minimum atomic E-state index is -0.658. The fraction of sp³-hybridized carbons (Fsp3) is 0.278. The van der Waals surface area contributed by atoms with Crippen LogP contribution < -0.4 is 5.73 Å². The number of nitrogen functional groups attached to an aromatic ring is 1. The van der Waals surface area contributed by atoms with Crippen LogP contribution in [-0.2, 0) is 9.47 Å². The third-order valence-electron chi connectivity index (χ3n) is 4.21. The zero-order valence-corrected chi connectivity index (χ0v) is 14.3. The van der Waals surface area contributed by atoms with Gasteiger partial charge in [0.2, 0.25) is 0 Å². The van der Waals surface area contributed by atoms with Gasteiger partial charge in [-0.1, -0.05) is 6.07 Å². The van der Waals surface area contributed by atoms with E-state index in [9.17, 15) is 14.9 Å². The molecule has 0 unspecified atom stereocenters. The van der Waals surface area contributed by atoms with Crippen LogP contribution in [-0.4, -0.2) is 54.8 Å². The van der Waals surface area contributed by atoms with Crippen molar-refractivity contribution in [2.45, 2.75) is 0 Å². The van der Waals surface area contributed by atoms with Gasteiger partial charge in [0.15, 0.2) is 5.69 Å². The first-order chi connectivity index (χ1) is 12.6. The summed E-state index contributed by atoms with van der Waals surface area (Å²) in [5.74, 6) is -0.774. The smallest absolute Gasteiger partial charge is 0.357 e. The molecule has 1 aliphatic heterocycles. The molecule has 1 saturated heterocycles. The van der Waals surface area contributed by atoms with Crippen molar-refractivity contribution < 1.29 is 19.1 Å². The zero-order valence-electron chi connectivity index (χ0n) is 14.3. The van der Waals surface area contributed by atoms with E-state index >= 15 is 0 Å². The normalized spacial score (nSPS) is 13.9. The average Bonchev–Trinajstić information content (AvgIpc) is 3.04. The lowest BCUT2D eigenvalue weighted by atomic mass is 10.1. The van der Waals surface area contributed by atoms with Crippen LogP contribution in [0.25, 0.3) is 5.69 Å². The Kier molecular flexibility index (Phi) is 4.91. The molecule has 2 N–H and O–H groups in total. The Morgan fingerprint density at radius 2 is 2.04 bits per heavy atom. The highest BCUT2D eigenvalue weighted by Crippen LogP contribution is 2.25. The number of benzene rings is 1. The Morgan fingerprint density at radius 3 is 2.69 bits per heavy atom. The summed E-state index contributed by atoms with van der Waals surface area (Å²) in [4.78, 5) is 26.5. The number of esters is 1. The Hall–Kier alpha value is -3.31. The molecule has 134 valence electrons. The van der Waals surface area contributed by atoms with Gasteiger partial charge in [-0.25, -0.2) is 4.79 Å². The van der Waals surface area contributed by atoms with Crippen LogP contribution in [0.3, 0.4) is 0 Å². The maximum atomic E-state index is 12.7. The van der Waals surface area contributed by atoms with Crippen LogP contribution in [0.5, 0.6) is 0 Å². The standard InChI is InChI=1S/C18H18N4O4/c1-25-18(24)16-15(20)13(10-19)11-22(16)14-4-2-3-12(9-14)17(23)21-5-7-26-8-6-21/h2-4,9,11H,5-8,20H2,1H3. The summed E-state index contributed by atoms with van der Waals surface area (Å²) in [6.07, 6.45) is 1.46. The molecule has 26 heavy (non-hydrogen) atoms. The summed E-state index contributed by atoms with van der Waals surface area (Å²) in [6.45, 7) is 2.09. The summed E-state index contributed by atoms with van der Waals surface area (Å²) in [5.41, 5.74) is 7.19. The molecule has 1 aromatic carbocycles. The minimum Gasteiger partial charge on any atom is -0.464 e. The molecule has 0 spiro atoms. The number of nitrogens with zero attached hydrogens (tertiary/aromatic N) is 3. The fourth-order valence-electron chi connectivity index (χ4n) is 2.86. The highest BCUT2D eigenvalue weighted by molar-refractivity contribution is 5.97. The molecular weight excluding hydrogens is 336 g/mol. The van der Waals surface area contributed by atoms with E-state index in [4.69, 9.17) is 15.2 Å². The first-order valence-electron chi connectivity index (χ1n) is 8.03. The first kappa shape index (κ1) is 17.5. The summed E-state index contributed by atoms with van der Waals surface area (Å²) in [6, 6.07) is 8.75. The highest BCUT2D eigenvalue weighted by Gasteiger charge is 2.23. The minimum absolute atomic E-state index is 0.0456. The Balaban J connectivity index is 2.02. The molecule has 2 aromatic rings. The Morgan fingerprint density at radius 1 is 1.31 bits per heavy atom. The second kappa shape index (κ2) is 7.29. The van der Waals surface area contributed by atoms with Gasteiger partial charge in [-0.3, -0.25) is 4.79 Å². The van der Waals surface area contributed by atoms with Gasteiger partial charge in [0.25, 0.3) is 5.91 Å². The van der Waals surface area contributed by atoms with Crippen LogP contribution in [0.2, 0.25) is 0 Å². The number of rotatable bonds is 3. The number of amides is 1. The van der Waals surface area contributed by atoms with E-state index in [0.717, 1.165) is 0 Å². The fourth-order valence-corrected chi connectivity index (χ4v) is 2.86. The van der Waals surface area contributed by atoms with E-state index in [0.29, 0.717) is 37.6 Å². The number of anilines is 1. The van der Waals surface area contributed by atoms with Gasteiger partial charge in [0.05, 0.1) is 31.6 Å². The van der Waals surface area contributed by atoms with Gasteiger partial charge in [0.1, 0.15) is 6.07 Å². The van der Waals surface area contributed by atoms with E-state index in [-0.39, 0.29) is 22.9 Å². The predicted molar refractivity (Wildman–Crippen MR) is 93.0 cm³/mol. The molecule has 1 aromatic heterocycles. The van der Waals surface area contributed by atoms with Crippen molar-refractivity contribution in [1.82, 2.24) is 9.47 Å². The molecule has 8 heteroatoms. The van der Waals surface area contributed by atoms with Crippen molar-refractivity contribution in [1.29, 1.82) is 5.26 Å². The Labute approximate surface area is 150 Å². The van der Waals surface area contributed by atoms with Crippen molar-refractivity contribution in [3.63, 3.8) is 0 Å². The van der Waals surface area contributed by atoms with Crippen LogP contribution in [0.15, 0.2) is 30.5 Å². The van der Waals surface area contributed by atoms with Crippen molar-refractivity contribution in [3.8, 4) is 11.8 Å². The lowest BCUT2D eigenvalue weighted by Gasteiger charge is -2.27. The number of morpholine rings is 1. The van der Waals surface area contributed by atoms with E-state index in [2.05, 4.69) is 0 Å². The number of ether oxygens (including phenoxy) is 2. The molecular formula is C18H18N4O4. The number of carbonyl (C=O) groups excluding carboxylic acids is 2. The molecule has 0 bridgehead atoms. The highest BCUT2D eigenvalue weighted by atomic mass is 16.5. The van der Waals surface area contributed by atoms with Crippen LogP contribution in [0, 0.1) is 11.3 Å². The molecule has 0 aliphatic carbocycles. The number of carbonyl (C=O) groups is 2. The lowest BCUT2D eigenvalue weighted by molar-refractivity contribution is 0.0303. The predicted octanol–water partition coefficient (Wildman–Crippen LogP) is 1.19. The van der Waals surface area contributed by atoms with Crippen molar-refractivity contribution in [2.24, 2.45) is 0 Å². The second-order valence-corrected chi connectivity index (χ2v) is 5.73. The van der Waals surface area contributed by atoms with Gasteiger partial charge in [-0.2, -0.15) is 5.26 Å². The second-order valence-electron chi connectivity index (χ2n) is 5.73. The van der Waals surface area contributed by atoms with E-state index < -0.39 is 5.97 Å². The molecule has 1 fully saturated rings. The topological polar surface area (TPSA) is 111 Å². The molecule has 0 atom stereocenters. The van der Waals surface area contributed by atoms with E-state index in [1.165, 1.54) is 17.9 Å². The first-order valence-corrected chi connectivity index (χ1v) is 8.03. The van der Waals surface area contributed by atoms with Crippen LogP contribution >= 0.6 is 0 Å². The molecule has 1 aliphatic rings. The van der Waals surface area contributed by atoms with Gasteiger partial charge >= 0.3 is 5.97 Å². The number of hydrogen-bond acceptors (Lipinski definition) is 6. The SMILES string of the molecule is COC(=O)c1c(N)c(C#N)cn1-c1cccc(C(=O)N2CCOCC2)c1. The van der Waals surface area contributed by atoms with Gasteiger partial charge in [-0.05, 0) is 18.2 Å². The maximum absolute atomic E-state index is 12.7. The molecule has 0 saturated carbocycles. The summed E-state index contributed by atoms with van der Waals surface area (Å²) < 4.78 is 11.5. The molecule has 0 radical (unpaired) electrons. The van der Waals surface area contributed by atoms with Crippen molar-refractivity contribution >= 4 is 17.6 Å². The van der Waals surface area contributed by atoms with E-state index in [1.807, 2.05) is 6.07 Å². The molecule has 2 heterocycles. The summed E-state index contributed by atoms with van der Waals surface area (Å²) in [5, 5.41) is 9.20. The number of methoxy groups -OCH3 is 1. The van der Waals surface area contributed by atoms with E-state index in [1.54, 1.807) is 29.2 Å². The maximum Gasteiger partial charge on any atom is 0.357 e. The lowest BCUT2D eigenvalue weighted by Crippen LogP contribution is -2.40.